The van der Waals surface area contributed by atoms with Gasteiger partial charge in [-0.3, -0.25) is 4.99 Å². The number of benzene rings is 1. The van der Waals surface area contributed by atoms with Gasteiger partial charge in [-0.25, -0.2) is 4.98 Å². The lowest BCUT2D eigenvalue weighted by atomic mass is 10.2. The van der Waals surface area contributed by atoms with Crippen LogP contribution in [0.2, 0.25) is 5.02 Å². The number of alkyl halides is 2. The summed E-state index contributed by atoms with van der Waals surface area (Å²) >= 11 is 5.97. The summed E-state index contributed by atoms with van der Waals surface area (Å²) in [6.07, 6.45) is 1.59. The molecule has 2 aromatic rings. The highest BCUT2D eigenvalue weighted by molar-refractivity contribution is 6.31. The fourth-order valence-corrected chi connectivity index (χ4v) is 2.40. The van der Waals surface area contributed by atoms with Crippen LogP contribution < -0.4 is 24.8 Å². The van der Waals surface area contributed by atoms with Gasteiger partial charge in [-0.05, 0) is 30.3 Å². The number of guanidine groups is 1. The van der Waals surface area contributed by atoms with E-state index in [1.165, 1.54) is 13.2 Å². The predicted molar refractivity (Wildman–Crippen MR) is 103 cm³/mol. The minimum Gasteiger partial charge on any atom is -0.497 e. The third-order valence-electron chi connectivity index (χ3n) is 3.51. The van der Waals surface area contributed by atoms with Crippen LogP contribution in [0.15, 0.2) is 41.5 Å². The summed E-state index contributed by atoms with van der Waals surface area (Å²) in [5.41, 5.74) is 0.499. The number of nitrogens with one attached hydrogen (secondary N) is 2. The number of pyridine rings is 1. The van der Waals surface area contributed by atoms with E-state index in [4.69, 9.17) is 21.1 Å². The highest BCUT2D eigenvalue weighted by Gasteiger charge is 2.11. The molecule has 152 valence electrons. The van der Waals surface area contributed by atoms with Gasteiger partial charge in [0.05, 0.1) is 13.7 Å². The van der Waals surface area contributed by atoms with E-state index in [1.54, 1.807) is 37.5 Å². The van der Waals surface area contributed by atoms with Crippen LogP contribution in [0, 0.1) is 0 Å². The number of hydrogen-bond acceptors (Lipinski definition) is 5. The van der Waals surface area contributed by atoms with Crippen LogP contribution in [0.3, 0.4) is 0 Å². The molecule has 28 heavy (non-hydrogen) atoms. The molecule has 2 rings (SSSR count). The molecule has 1 aromatic carbocycles. The maximum absolute atomic E-state index is 12.6. The van der Waals surface area contributed by atoms with E-state index in [2.05, 4.69) is 25.3 Å². The highest BCUT2D eigenvalue weighted by atomic mass is 35.5. The summed E-state index contributed by atoms with van der Waals surface area (Å²) in [6, 6.07) is 8.00. The number of hydrogen-bond donors (Lipinski definition) is 2. The van der Waals surface area contributed by atoms with E-state index in [0.717, 1.165) is 0 Å². The number of aliphatic imine (C=N–C) groups is 1. The lowest BCUT2D eigenvalue weighted by Gasteiger charge is -2.15. The molecule has 0 aliphatic carbocycles. The molecule has 7 nitrogen and oxygen atoms in total. The van der Waals surface area contributed by atoms with Crippen molar-refractivity contribution < 1.29 is 23.0 Å². The summed E-state index contributed by atoms with van der Waals surface area (Å²) < 4.78 is 40.3. The first kappa shape index (κ1) is 21.5. The summed E-state index contributed by atoms with van der Waals surface area (Å²) in [5, 5.41) is 6.49. The summed E-state index contributed by atoms with van der Waals surface area (Å²) in [4.78, 5) is 8.10. The molecule has 0 radical (unpaired) electrons. The minimum atomic E-state index is -2.92. The molecule has 1 aromatic heterocycles. The first-order valence-electron chi connectivity index (χ1n) is 8.33. The molecule has 0 amide bonds. The molecular formula is C18H21ClF2N4O3. The second-order valence-corrected chi connectivity index (χ2v) is 5.75. The first-order valence-corrected chi connectivity index (χ1v) is 8.71. The van der Waals surface area contributed by atoms with Gasteiger partial charge in [0.2, 0.25) is 5.88 Å². The summed E-state index contributed by atoms with van der Waals surface area (Å²) in [5.74, 6) is 1.40. The second-order valence-electron chi connectivity index (χ2n) is 5.34. The smallest absolute Gasteiger partial charge is 0.387 e. The fourth-order valence-electron chi connectivity index (χ4n) is 2.23. The molecule has 0 saturated heterocycles. The first-order chi connectivity index (χ1) is 13.5. The van der Waals surface area contributed by atoms with Gasteiger partial charge in [0.1, 0.15) is 23.1 Å². The molecule has 0 saturated carbocycles. The van der Waals surface area contributed by atoms with Crippen LogP contribution in [0.5, 0.6) is 17.4 Å². The SMILES string of the molecule is CN=C(NCCOc1ncccc1Cl)NCc1cc(OC)ccc1OC(F)F. The van der Waals surface area contributed by atoms with Gasteiger partial charge in [-0.15, -0.1) is 0 Å². The third kappa shape index (κ3) is 6.73. The number of nitrogens with zero attached hydrogens (tertiary/aromatic N) is 2. The molecule has 0 aliphatic rings. The van der Waals surface area contributed by atoms with Crippen molar-refractivity contribution in [1.82, 2.24) is 15.6 Å². The van der Waals surface area contributed by atoms with E-state index in [1.807, 2.05) is 0 Å². The maximum Gasteiger partial charge on any atom is 0.387 e. The number of rotatable bonds is 9. The third-order valence-corrected chi connectivity index (χ3v) is 3.80. The zero-order valence-electron chi connectivity index (χ0n) is 15.4. The Morgan fingerprint density at radius 1 is 1.29 bits per heavy atom. The van der Waals surface area contributed by atoms with Crippen LogP contribution in [-0.2, 0) is 6.54 Å². The standard InChI is InChI=1S/C18H21ClF2N4O3/c1-22-18(24-8-9-27-16-14(19)4-3-7-23-16)25-11-12-10-13(26-2)5-6-15(12)28-17(20)21/h3-7,10,17H,8-9,11H2,1-2H3,(H2,22,24,25). The largest absolute Gasteiger partial charge is 0.497 e. The van der Waals surface area contributed by atoms with Gasteiger partial charge in [0.25, 0.3) is 0 Å². The van der Waals surface area contributed by atoms with Gasteiger partial charge in [0.15, 0.2) is 5.96 Å². The lowest BCUT2D eigenvalue weighted by Crippen LogP contribution is -2.39. The summed E-state index contributed by atoms with van der Waals surface area (Å²) in [7, 11) is 3.09. The molecule has 2 N–H and O–H groups in total. The zero-order chi connectivity index (χ0) is 20.4. The Morgan fingerprint density at radius 2 is 2.11 bits per heavy atom. The lowest BCUT2D eigenvalue weighted by molar-refractivity contribution is -0.0504. The van der Waals surface area contributed by atoms with Crippen LogP contribution in [0.4, 0.5) is 8.78 Å². The Bertz CT molecular complexity index is 793. The Labute approximate surface area is 166 Å². The molecule has 0 bridgehead atoms. The molecule has 0 aliphatic heterocycles. The summed E-state index contributed by atoms with van der Waals surface area (Å²) in [6.45, 7) is -1.99. The number of ether oxygens (including phenoxy) is 3. The van der Waals surface area contributed by atoms with Gasteiger partial charge in [-0.1, -0.05) is 11.6 Å². The number of halogens is 3. The average Bonchev–Trinajstić information content (AvgIpc) is 2.69. The van der Waals surface area contributed by atoms with Crippen molar-refractivity contribution in [2.24, 2.45) is 4.99 Å². The molecule has 10 heteroatoms. The van der Waals surface area contributed by atoms with Crippen LogP contribution in [0.25, 0.3) is 0 Å². The maximum atomic E-state index is 12.6. The van der Waals surface area contributed by atoms with Crippen molar-refractivity contribution in [3.05, 3.63) is 47.1 Å². The van der Waals surface area contributed by atoms with Gasteiger partial charge in [-0.2, -0.15) is 8.78 Å². The number of methoxy groups -OCH3 is 1. The van der Waals surface area contributed by atoms with Crippen molar-refractivity contribution in [2.45, 2.75) is 13.2 Å². The van der Waals surface area contributed by atoms with E-state index >= 15 is 0 Å². The van der Waals surface area contributed by atoms with E-state index in [9.17, 15) is 8.78 Å². The molecule has 0 unspecified atom stereocenters. The van der Waals surface area contributed by atoms with Crippen molar-refractivity contribution in [2.75, 3.05) is 27.3 Å². The molecule has 0 fully saturated rings. The minimum absolute atomic E-state index is 0.0619. The van der Waals surface area contributed by atoms with E-state index < -0.39 is 6.61 Å². The highest BCUT2D eigenvalue weighted by Crippen LogP contribution is 2.25. The molecule has 1 heterocycles. The van der Waals surface area contributed by atoms with Gasteiger partial charge < -0.3 is 24.8 Å². The predicted octanol–water partition coefficient (Wildman–Crippen LogP) is 3.09. The van der Waals surface area contributed by atoms with Crippen LogP contribution in [-0.4, -0.2) is 44.9 Å². The topological polar surface area (TPSA) is 77.0 Å². The Kier molecular flexibility index (Phi) is 8.54. The van der Waals surface area contributed by atoms with Crippen molar-refractivity contribution in [3.8, 4) is 17.4 Å². The van der Waals surface area contributed by atoms with E-state index in [-0.39, 0.29) is 12.3 Å². The van der Waals surface area contributed by atoms with E-state index in [0.29, 0.717) is 41.3 Å². The van der Waals surface area contributed by atoms with Crippen molar-refractivity contribution in [3.63, 3.8) is 0 Å². The second kappa shape index (κ2) is 11.1. The number of aromatic nitrogens is 1. The van der Waals surface area contributed by atoms with Crippen LogP contribution in [0.1, 0.15) is 5.56 Å². The fraction of sp³-hybridized carbons (Fsp3) is 0.333. The van der Waals surface area contributed by atoms with Crippen LogP contribution >= 0.6 is 11.6 Å². The Balaban J connectivity index is 1.87. The molecule has 0 spiro atoms. The quantitative estimate of drug-likeness (QED) is 0.373. The molecular weight excluding hydrogens is 394 g/mol. The zero-order valence-corrected chi connectivity index (χ0v) is 16.2. The van der Waals surface area contributed by atoms with Crippen molar-refractivity contribution >= 4 is 17.6 Å². The molecule has 0 atom stereocenters. The average molecular weight is 415 g/mol. The monoisotopic (exact) mass is 414 g/mol. The van der Waals surface area contributed by atoms with Crippen molar-refractivity contribution in [1.29, 1.82) is 0 Å². The Morgan fingerprint density at radius 3 is 2.79 bits per heavy atom. The Hall–Kier alpha value is -2.81. The normalized spacial score (nSPS) is 11.3. The van der Waals surface area contributed by atoms with Gasteiger partial charge >= 0.3 is 6.61 Å². The van der Waals surface area contributed by atoms with Gasteiger partial charge in [0, 0.05) is 25.4 Å².